The van der Waals surface area contributed by atoms with Gasteiger partial charge in [0.15, 0.2) is 0 Å². The summed E-state index contributed by atoms with van der Waals surface area (Å²) in [5.74, 6) is 0.479. The van der Waals surface area contributed by atoms with Crippen molar-refractivity contribution in [1.82, 2.24) is 14.5 Å². The third-order valence-corrected chi connectivity index (χ3v) is 4.70. The summed E-state index contributed by atoms with van der Waals surface area (Å²) in [5.41, 5.74) is 8.94. The van der Waals surface area contributed by atoms with Crippen LogP contribution in [0.3, 0.4) is 0 Å². The van der Waals surface area contributed by atoms with Gasteiger partial charge in [-0.1, -0.05) is 0 Å². The van der Waals surface area contributed by atoms with Crippen molar-refractivity contribution in [3.63, 3.8) is 0 Å². The van der Waals surface area contributed by atoms with E-state index < -0.39 is 0 Å². The highest BCUT2D eigenvalue weighted by Crippen LogP contribution is 2.26. The quantitative estimate of drug-likeness (QED) is 0.748. The predicted molar refractivity (Wildman–Crippen MR) is 104 cm³/mol. The monoisotopic (exact) mass is 386 g/mol. The van der Waals surface area contributed by atoms with Crippen LogP contribution in [0.15, 0.2) is 36.5 Å². The maximum atomic E-state index is 13.7. The standard InChI is InChI=1S/C19H19FN6.ClH/c20-14-4-6-18-17(8-14)24-19(25-7-1-2-15(22)11-25)26(18)12-16-5-3-13(9-21)10-23-16;/h3-6,8,10,15H,1-2,7,11-12,22H2;1H/t15-;/m0./s1. The number of rotatable bonds is 3. The maximum Gasteiger partial charge on any atom is 0.206 e. The first-order valence-electron chi connectivity index (χ1n) is 8.65. The molecule has 1 aliphatic heterocycles. The number of nitrogens with two attached hydrogens (primary N) is 1. The Bertz CT molecular complexity index is 978. The van der Waals surface area contributed by atoms with Gasteiger partial charge in [-0.3, -0.25) is 4.98 Å². The summed E-state index contributed by atoms with van der Waals surface area (Å²) in [4.78, 5) is 11.2. The van der Waals surface area contributed by atoms with Gasteiger partial charge >= 0.3 is 0 Å². The first-order chi connectivity index (χ1) is 12.6. The molecule has 0 aliphatic carbocycles. The molecule has 6 nitrogen and oxygen atoms in total. The van der Waals surface area contributed by atoms with Crippen LogP contribution in [0, 0.1) is 17.1 Å². The normalized spacial score (nSPS) is 16.8. The number of hydrogen-bond acceptors (Lipinski definition) is 5. The van der Waals surface area contributed by atoms with E-state index in [9.17, 15) is 4.39 Å². The molecule has 3 heterocycles. The largest absolute Gasteiger partial charge is 0.341 e. The lowest BCUT2D eigenvalue weighted by molar-refractivity contribution is 0.495. The van der Waals surface area contributed by atoms with Crippen LogP contribution in [-0.4, -0.2) is 33.7 Å². The van der Waals surface area contributed by atoms with Gasteiger partial charge in [0.25, 0.3) is 0 Å². The van der Waals surface area contributed by atoms with Gasteiger partial charge in [0.1, 0.15) is 11.9 Å². The minimum absolute atomic E-state index is 0. The molecule has 2 N–H and O–H groups in total. The van der Waals surface area contributed by atoms with Crippen molar-refractivity contribution in [2.24, 2.45) is 5.73 Å². The van der Waals surface area contributed by atoms with E-state index in [1.807, 2.05) is 10.6 Å². The molecule has 1 aromatic carbocycles. The van der Waals surface area contributed by atoms with Crippen molar-refractivity contribution < 1.29 is 4.39 Å². The highest BCUT2D eigenvalue weighted by molar-refractivity contribution is 5.85. The smallest absolute Gasteiger partial charge is 0.206 e. The third-order valence-electron chi connectivity index (χ3n) is 4.70. The summed E-state index contributed by atoms with van der Waals surface area (Å²) >= 11 is 0. The van der Waals surface area contributed by atoms with E-state index in [0.29, 0.717) is 17.6 Å². The van der Waals surface area contributed by atoms with E-state index in [2.05, 4.69) is 20.9 Å². The number of imidazole rings is 1. The van der Waals surface area contributed by atoms with Crippen molar-refractivity contribution in [2.45, 2.75) is 25.4 Å². The van der Waals surface area contributed by atoms with Crippen LogP contribution in [-0.2, 0) is 6.54 Å². The summed E-state index contributed by atoms with van der Waals surface area (Å²) < 4.78 is 15.7. The molecule has 0 saturated carbocycles. The van der Waals surface area contributed by atoms with Gasteiger partial charge in [-0.2, -0.15) is 5.26 Å². The summed E-state index contributed by atoms with van der Waals surface area (Å²) in [7, 11) is 0. The van der Waals surface area contributed by atoms with Gasteiger partial charge in [-0.15, -0.1) is 12.4 Å². The van der Waals surface area contributed by atoms with Gasteiger partial charge in [0.05, 0.1) is 28.8 Å². The van der Waals surface area contributed by atoms with Gasteiger partial charge in [-0.05, 0) is 37.1 Å². The lowest BCUT2D eigenvalue weighted by atomic mass is 10.1. The molecule has 8 heteroatoms. The topological polar surface area (TPSA) is 83.8 Å². The number of anilines is 1. The molecule has 3 aromatic rings. The van der Waals surface area contributed by atoms with Gasteiger partial charge < -0.3 is 15.2 Å². The lowest BCUT2D eigenvalue weighted by Gasteiger charge is -2.32. The van der Waals surface area contributed by atoms with Gasteiger partial charge in [-0.25, -0.2) is 9.37 Å². The van der Waals surface area contributed by atoms with Crippen molar-refractivity contribution in [1.29, 1.82) is 5.26 Å². The SMILES string of the molecule is Cl.N#Cc1ccc(Cn2c(N3CCC[C@H](N)C3)nc3cc(F)ccc32)nc1. The molecule has 140 valence electrons. The molecule has 0 unspecified atom stereocenters. The number of nitriles is 1. The molecular formula is C19H20ClFN6. The molecule has 0 bridgehead atoms. The zero-order valence-corrected chi connectivity index (χ0v) is 15.5. The van der Waals surface area contributed by atoms with Gasteiger partial charge in [0.2, 0.25) is 5.95 Å². The van der Waals surface area contributed by atoms with Crippen LogP contribution in [0.5, 0.6) is 0 Å². The lowest BCUT2D eigenvalue weighted by Crippen LogP contribution is -2.44. The first-order valence-corrected chi connectivity index (χ1v) is 8.65. The van der Waals surface area contributed by atoms with Crippen molar-refractivity contribution >= 4 is 29.4 Å². The Morgan fingerprint density at radius 3 is 2.85 bits per heavy atom. The number of nitrogens with zero attached hydrogens (tertiary/aromatic N) is 5. The number of pyridine rings is 1. The molecule has 1 aliphatic rings. The van der Waals surface area contributed by atoms with Crippen LogP contribution in [0.25, 0.3) is 11.0 Å². The summed E-state index contributed by atoms with van der Waals surface area (Å²) in [6, 6.07) is 10.4. The van der Waals surface area contributed by atoms with Crippen molar-refractivity contribution in [2.75, 3.05) is 18.0 Å². The number of halogens is 2. The molecule has 2 aromatic heterocycles. The minimum atomic E-state index is -0.305. The van der Waals surface area contributed by atoms with E-state index in [1.54, 1.807) is 18.3 Å². The van der Waals surface area contributed by atoms with Crippen LogP contribution in [0.1, 0.15) is 24.1 Å². The summed E-state index contributed by atoms with van der Waals surface area (Å²) in [6.45, 7) is 2.10. The molecule has 4 rings (SSSR count). The third kappa shape index (κ3) is 3.87. The molecular weight excluding hydrogens is 367 g/mol. The van der Waals surface area contributed by atoms with Crippen molar-refractivity contribution in [3.05, 3.63) is 53.6 Å². The van der Waals surface area contributed by atoms with Gasteiger partial charge in [0, 0.05) is 31.4 Å². The Labute approximate surface area is 162 Å². The average Bonchev–Trinajstić information content (AvgIpc) is 3.00. The highest BCUT2D eigenvalue weighted by atomic mass is 35.5. The molecule has 1 fully saturated rings. The molecule has 1 saturated heterocycles. The van der Waals surface area contributed by atoms with Crippen LogP contribution < -0.4 is 10.6 Å². The second-order valence-corrected chi connectivity index (χ2v) is 6.63. The molecule has 0 amide bonds. The van der Waals surface area contributed by atoms with Crippen LogP contribution >= 0.6 is 12.4 Å². The average molecular weight is 387 g/mol. The molecule has 1 atom stereocenters. The Morgan fingerprint density at radius 2 is 2.15 bits per heavy atom. The first kappa shape index (κ1) is 19.1. The fourth-order valence-electron chi connectivity index (χ4n) is 3.43. The van der Waals surface area contributed by atoms with Crippen molar-refractivity contribution in [3.8, 4) is 6.07 Å². The molecule has 27 heavy (non-hydrogen) atoms. The Kier molecular flexibility index (Phi) is 5.59. The zero-order chi connectivity index (χ0) is 18.1. The highest BCUT2D eigenvalue weighted by Gasteiger charge is 2.23. The van der Waals surface area contributed by atoms with Crippen LogP contribution in [0.2, 0.25) is 0 Å². The summed E-state index contributed by atoms with van der Waals surface area (Å²) in [5, 5.41) is 8.93. The maximum absolute atomic E-state index is 13.7. The van der Waals surface area contributed by atoms with E-state index in [4.69, 9.17) is 11.0 Å². The fourth-order valence-corrected chi connectivity index (χ4v) is 3.43. The fraction of sp³-hybridized carbons (Fsp3) is 0.316. The second kappa shape index (κ2) is 7.91. The number of aromatic nitrogens is 3. The van der Waals surface area contributed by atoms with Crippen LogP contribution in [0.4, 0.5) is 10.3 Å². The summed E-state index contributed by atoms with van der Waals surface area (Å²) in [6.07, 6.45) is 3.57. The van der Waals surface area contributed by atoms with E-state index in [-0.39, 0.29) is 24.3 Å². The predicted octanol–water partition coefficient (Wildman–Crippen LogP) is 2.84. The minimum Gasteiger partial charge on any atom is -0.341 e. The number of fused-ring (bicyclic) bond motifs is 1. The molecule has 0 spiro atoms. The Balaban J connectivity index is 0.00000210. The Hall–Kier alpha value is -2.69. The Morgan fingerprint density at radius 1 is 1.30 bits per heavy atom. The number of benzene rings is 1. The van der Waals surface area contributed by atoms with E-state index >= 15 is 0 Å². The van der Waals surface area contributed by atoms with E-state index in [0.717, 1.165) is 43.1 Å². The molecule has 0 radical (unpaired) electrons. The number of hydrogen-bond donors (Lipinski definition) is 1. The van der Waals surface area contributed by atoms with E-state index in [1.165, 1.54) is 12.1 Å². The zero-order valence-electron chi connectivity index (χ0n) is 14.7. The number of piperidine rings is 1. The second-order valence-electron chi connectivity index (χ2n) is 6.63.